The number of esters is 1. The highest BCUT2D eigenvalue weighted by Gasteiger charge is 2.25. The van der Waals surface area contributed by atoms with Crippen molar-refractivity contribution in [3.63, 3.8) is 0 Å². The lowest BCUT2D eigenvalue weighted by Gasteiger charge is -2.13. The Labute approximate surface area is 156 Å². The summed E-state index contributed by atoms with van der Waals surface area (Å²) < 4.78 is 24.3. The third kappa shape index (κ3) is 4.00. The standard InChI is InChI=1S/C21H20FNO4/c1-12-7-9-15(10-8-12)11-23-20(24)14(3)26-21(25)18-13(2)16-5-4-6-17(22)19(16)27-18/h4-10,14H,11H2,1-3H3,(H,23,24)/t14-/m0/s1. The molecule has 3 aromatic rings. The summed E-state index contributed by atoms with van der Waals surface area (Å²) >= 11 is 0. The number of hydrogen-bond acceptors (Lipinski definition) is 4. The van der Waals surface area contributed by atoms with Crippen LogP contribution in [0.4, 0.5) is 4.39 Å². The van der Waals surface area contributed by atoms with E-state index in [9.17, 15) is 14.0 Å². The molecule has 0 aliphatic carbocycles. The topological polar surface area (TPSA) is 68.5 Å². The van der Waals surface area contributed by atoms with Crippen LogP contribution in [0.25, 0.3) is 11.0 Å². The first-order valence-electron chi connectivity index (χ1n) is 8.58. The van der Waals surface area contributed by atoms with Crippen LogP contribution in [0.5, 0.6) is 0 Å². The molecule has 1 amide bonds. The van der Waals surface area contributed by atoms with Gasteiger partial charge in [-0.1, -0.05) is 42.0 Å². The normalized spacial score (nSPS) is 12.0. The molecule has 1 heterocycles. The van der Waals surface area contributed by atoms with E-state index >= 15 is 0 Å². The maximum atomic E-state index is 13.8. The first-order chi connectivity index (χ1) is 12.9. The van der Waals surface area contributed by atoms with Gasteiger partial charge in [-0.3, -0.25) is 4.79 Å². The summed E-state index contributed by atoms with van der Waals surface area (Å²) in [5.41, 5.74) is 2.54. The molecule has 1 N–H and O–H groups in total. The average Bonchev–Trinajstić information content (AvgIpc) is 2.99. The molecule has 5 nitrogen and oxygen atoms in total. The number of carbonyl (C=O) groups excluding carboxylic acids is 2. The minimum Gasteiger partial charge on any atom is -0.447 e. The molecule has 27 heavy (non-hydrogen) atoms. The molecule has 6 heteroatoms. The van der Waals surface area contributed by atoms with Gasteiger partial charge in [0.25, 0.3) is 5.91 Å². The van der Waals surface area contributed by atoms with Gasteiger partial charge in [0, 0.05) is 17.5 Å². The highest BCUT2D eigenvalue weighted by molar-refractivity contribution is 5.97. The molecule has 0 saturated heterocycles. The van der Waals surface area contributed by atoms with Crippen LogP contribution in [-0.4, -0.2) is 18.0 Å². The molecule has 2 aromatic carbocycles. The Morgan fingerprint density at radius 3 is 2.52 bits per heavy atom. The number of amides is 1. The number of halogens is 1. The second kappa shape index (κ2) is 7.61. The lowest BCUT2D eigenvalue weighted by molar-refractivity contribution is -0.129. The minimum atomic E-state index is -1.01. The van der Waals surface area contributed by atoms with Crippen molar-refractivity contribution in [3.05, 3.63) is 70.7 Å². The molecule has 0 aliphatic rings. The summed E-state index contributed by atoms with van der Waals surface area (Å²) in [6.07, 6.45) is -1.01. The maximum Gasteiger partial charge on any atom is 0.375 e. The number of para-hydroxylation sites is 1. The SMILES string of the molecule is Cc1ccc(CNC(=O)[C@H](C)OC(=O)c2oc3c(F)cccc3c2C)cc1. The molecule has 0 bridgehead atoms. The van der Waals surface area contributed by atoms with Crippen LogP contribution in [-0.2, 0) is 16.1 Å². The zero-order valence-electron chi connectivity index (χ0n) is 15.3. The largest absolute Gasteiger partial charge is 0.447 e. The minimum absolute atomic E-state index is 0.00146. The molecule has 0 aliphatic heterocycles. The Hall–Kier alpha value is -3.15. The summed E-state index contributed by atoms with van der Waals surface area (Å²) in [7, 11) is 0. The Balaban J connectivity index is 1.65. The van der Waals surface area contributed by atoms with Crippen LogP contribution in [0, 0.1) is 19.7 Å². The number of rotatable bonds is 5. The first-order valence-corrected chi connectivity index (χ1v) is 8.58. The predicted molar refractivity (Wildman–Crippen MR) is 98.8 cm³/mol. The smallest absolute Gasteiger partial charge is 0.375 e. The van der Waals surface area contributed by atoms with Crippen molar-refractivity contribution in [2.75, 3.05) is 0 Å². The highest BCUT2D eigenvalue weighted by atomic mass is 19.1. The molecule has 1 atom stereocenters. The van der Waals surface area contributed by atoms with Crippen molar-refractivity contribution in [3.8, 4) is 0 Å². The van der Waals surface area contributed by atoms with Crippen molar-refractivity contribution in [1.29, 1.82) is 0 Å². The summed E-state index contributed by atoms with van der Waals surface area (Å²) in [6, 6.07) is 12.2. The van der Waals surface area contributed by atoms with Gasteiger partial charge in [-0.15, -0.1) is 0 Å². The molecular formula is C21H20FNO4. The molecule has 0 saturated carbocycles. The van der Waals surface area contributed by atoms with Gasteiger partial charge in [-0.05, 0) is 32.4 Å². The van der Waals surface area contributed by atoms with Crippen molar-refractivity contribution < 1.29 is 23.1 Å². The van der Waals surface area contributed by atoms with E-state index in [1.807, 2.05) is 31.2 Å². The number of nitrogens with one attached hydrogen (secondary N) is 1. The van der Waals surface area contributed by atoms with Gasteiger partial charge in [0.2, 0.25) is 5.76 Å². The van der Waals surface area contributed by atoms with Crippen molar-refractivity contribution in [2.24, 2.45) is 0 Å². The van der Waals surface area contributed by atoms with Crippen LogP contribution in [0.3, 0.4) is 0 Å². The Bertz CT molecular complexity index is 991. The second-order valence-electron chi connectivity index (χ2n) is 6.42. The van der Waals surface area contributed by atoms with Gasteiger partial charge >= 0.3 is 5.97 Å². The summed E-state index contributed by atoms with van der Waals surface area (Å²) in [5.74, 6) is -1.89. The molecule has 140 valence electrons. The Morgan fingerprint density at radius 1 is 1.15 bits per heavy atom. The van der Waals surface area contributed by atoms with E-state index in [0.717, 1.165) is 11.1 Å². The number of furan rings is 1. The molecule has 1 aromatic heterocycles. The van der Waals surface area contributed by atoms with Gasteiger partial charge < -0.3 is 14.5 Å². The van der Waals surface area contributed by atoms with E-state index in [0.29, 0.717) is 17.5 Å². The van der Waals surface area contributed by atoms with Gasteiger partial charge in [-0.2, -0.15) is 0 Å². The molecule has 3 rings (SSSR count). The fourth-order valence-corrected chi connectivity index (χ4v) is 2.71. The summed E-state index contributed by atoms with van der Waals surface area (Å²) in [4.78, 5) is 24.5. The van der Waals surface area contributed by atoms with E-state index in [-0.39, 0.29) is 11.3 Å². The van der Waals surface area contributed by atoms with Crippen LogP contribution in [0.2, 0.25) is 0 Å². The fraction of sp³-hybridized carbons (Fsp3) is 0.238. The van der Waals surface area contributed by atoms with Gasteiger partial charge in [0.05, 0.1) is 0 Å². The molecule has 0 radical (unpaired) electrons. The average molecular weight is 369 g/mol. The highest BCUT2D eigenvalue weighted by Crippen LogP contribution is 2.27. The predicted octanol–water partition coefficient (Wildman–Crippen LogP) is 4.05. The van der Waals surface area contributed by atoms with Crippen molar-refractivity contribution in [1.82, 2.24) is 5.32 Å². The number of ether oxygens (including phenoxy) is 1. The van der Waals surface area contributed by atoms with Gasteiger partial charge in [-0.25, -0.2) is 9.18 Å². The van der Waals surface area contributed by atoms with E-state index in [4.69, 9.17) is 9.15 Å². The summed E-state index contributed by atoms with van der Waals surface area (Å²) in [5, 5.41) is 3.22. The van der Waals surface area contributed by atoms with E-state index in [2.05, 4.69) is 5.32 Å². The van der Waals surface area contributed by atoms with Gasteiger partial charge in [0.1, 0.15) is 0 Å². The quantitative estimate of drug-likeness (QED) is 0.689. The lowest BCUT2D eigenvalue weighted by atomic mass is 10.1. The van der Waals surface area contributed by atoms with Crippen molar-refractivity contribution >= 4 is 22.8 Å². The first kappa shape index (κ1) is 18.6. The Kier molecular flexibility index (Phi) is 5.26. The van der Waals surface area contributed by atoms with E-state index in [1.54, 1.807) is 13.0 Å². The molecular weight excluding hydrogens is 349 g/mol. The van der Waals surface area contributed by atoms with E-state index in [1.165, 1.54) is 19.1 Å². The van der Waals surface area contributed by atoms with Crippen LogP contribution >= 0.6 is 0 Å². The number of benzene rings is 2. The van der Waals surface area contributed by atoms with E-state index < -0.39 is 23.8 Å². The van der Waals surface area contributed by atoms with Crippen LogP contribution < -0.4 is 5.32 Å². The zero-order valence-corrected chi connectivity index (χ0v) is 15.3. The maximum absolute atomic E-state index is 13.8. The fourth-order valence-electron chi connectivity index (χ4n) is 2.71. The summed E-state index contributed by atoms with van der Waals surface area (Å²) in [6.45, 7) is 5.43. The second-order valence-corrected chi connectivity index (χ2v) is 6.42. The monoisotopic (exact) mass is 369 g/mol. The third-order valence-electron chi connectivity index (χ3n) is 4.34. The Morgan fingerprint density at radius 2 is 1.85 bits per heavy atom. The molecule has 0 unspecified atom stereocenters. The number of aryl methyl sites for hydroxylation is 2. The number of carbonyl (C=O) groups is 2. The number of fused-ring (bicyclic) bond motifs is 1. The van der Waals surface area contributed by atoms with Gasteiger partial charge in [0.15, 0.2) is 17.5 Å². The zero-order chi connectivity index (χ0) is 19.6. The lowest BCUT2D eigenvalue weighted by Crippen LogP contribution is -2.35. The van der Waals surface area contributed by atoms with Crippen molar-refractivity contribution in [2.45, 2.75) is 33.4 Å². The third-order valence-corrected chi connectivity index (χ3v) is 4.34. The molecule has 0 spiro atoms. The van der Waals surface area contributed by atoms with Crippen LogP contribution in [0.15, 0.2) is 46.9 Å². The molecule has 0 fully saturated rings. The van der Waals surface area contributed by atoms with Crippen LogP contribution in [0.1, 0.15) is 34.2 Å². The number of hydrogen-bond donors (Lipinski definition) is 1.